The van der Waals surface area contributed by atoms with E-state index in [0.717, 1.165) is 11.4 Å². The molecule has 3 N–H and O–H groups in total. The van der Waals surface area contributed by atoms with Crippen LogP contribution in [0.1, 0.15) is 11.4 Å². The number of carbonyl (C=O) groups excluding carboxylic acids is 1. The molecule has 2 aromatic rings. The number of hydrogen-bond donors (Lipinski definition) is 3. The Morgan fingerprint density at radius 2 is 2.37 bits per heavy atom. The molecule has 2 heterocycles. The third-order valence-electron chi connectivity index (χ3n) is 3.14. The van der Waals surface area contributed by atoms with E-state index >= 15 is 0 Å². The molecule has 0 saturated carbocycles. The van der Waals surface area contributed by atoms with Gasteiger partial charge in [0, 0.05) is 18.7 Å². The van der Waals surface area contributed by atoms with Crippen molar-refractivity contribution in [2.24, 2.45) is 0 Å². The lowest BCUT2D eigenvalue weighted by Gasteiger charge is -2.22. The number of aromatic nitrogens is 2. The summed E-state index contributed by atoms with van der Waals surface area (Å²) in [5.41, 5.74) is 2.37. The van der Waals surface area contributed by atoms with Gasteiger partial charge in [0.2, 0.25) is 5.91 Å². The van der Waals surface area contributed by atoms with Crippen LogP contribution in [-0.2, 0) is 17.8 Å². The molecule has 0 bridgehead atoms. The molecule has 5 nitrogen and oxygen atoms in total. The fourth-order valence-electron chi connectivity index (χ4n) is 2.15. The van der Waals surface area contributed by atoms with E-state index in [9.17, 15) is 9.18 Å². The second-order valence-corrected chi connectivity index (χ2v) is 4.46. The monoisotopic (exact) mass is 260 g/mol. The van der Waals surface area contributed by atoms with Crippen LogP contribution in [-0.4, -0.2) is 21.9 Å². The Morgan fingerprint density at radius 3 is 3.21 bits per heavy atom. The molecule has 3 rings (SSSR count). The number of nitrogens with one attached hydrogen (secondary N) is 3. The summed E-state index contributed by atoms with van der Waals surface area (Å²) in [7, 11) is 0. The highest BCUT2D eigenvalue weighted by atomic mass is 19.1. The van der Waals surface area contributed by atoms with Gasteiger partial charge < -0.3 is 10.3 Å². The third-order valence-corrected chi connectivity index (χ3v) is 3.14. The van der Waals surface area contributed by atoms with Crippen LogP contribution < -0.4 is 10.6 Å². The summed E-state index contributed by atoms with van der Waals surface area (Å²) < 4.78 is 13.0. The predicted octanol–water partition coefficient (Wildman–Crippen LogP) is 1.20. The van der Waals surface area contributed by atoms with Gasteiger partial charge in [-0.3, -0.25) is 10.1 Å². The van der Waals surface area contributed by atoms with Crippen LogP contribution >= 0.6 is 0 Å². The number of H-pyrrole nitrogens is 1. The Bertz CT molecular complexity index is 610. The lowest BCUT2D eigenvalue weighted by Crippen LogP contribution is -2.44. The van der Waals surface area contributed by atoms with Gasteiger partial charge in [-0.1, -0.05) is 6.07 Å². The Kier molecular flexibility index (Phi) is 3.00. The minimum atomic E-state index is -0.371. The number of hydrogen-bond acceptors (Lipinski definition) is 3. The van der Waals surface area contributed by atoms with Crippen LogP contribution in [0.25, 0.3) is 0 Å². The zero-order valence-electron chi connectivity index (χ0n) is 10.1. The van der Waals surface area contributed by atoms with Crippen LogP contribution in [0.2, 0.25) is 0 Å². The minimum absolute atomic E-state index is 0.181. The number of anilines is 1. The van der Waals surface area contributed by atoms with Crippen LogP contribution in [0.15, 0.2) is 30.6 Å². The van der Waals surface area contributed by atoms with E-state index in [4.69, 9.17) is 0 Å². The van der Waals surface area contributed by atoms with E-state index in [0.29, 0.717) is 18.7 Å². The summed E-state index contributed by atoms with van der Waals surface area (Å²) in [4.78, 5) is 19.3. The molecule has 1 amide bonds. The smallest absolute Gasteiger partial charge is 0.241 e. The maximum absolute atomic E-state index is 13.0. The Labute approximate surface area is 109 Å². The van der Waals surface area contributed by atoms with Crippen molar-refractivity contribution in [3.8, 4) is 0 Å². The lowest BCUT2D eigenvalue weighted by molar-refractivity contribution is -0.118. The molecule has 1 unspecified atom stereocenters. The molecule has 0 fully saturated rings. The van der Waals surface area contributed by atoms with Gasteiger partial charge >= 0.3 is 0 Å². The Balaban J connectivity index is 1.69. The molecule has 0 radical (unpaired) electrons. The van der Waals surface area contributed by atoms with Crippen molar-refractivity contribution >= 4 is 11.6 Å². The largest absolute Gasteiger partial charge is 0.347 e. The highest BCUT2D eigenvalue weighted by Gasteiger charge is 2.25. The molecule has 1 aromatic carbocycles. The van der Waals surface area contributed by atoms with E-state index in [1.165, 1.54) is 12.1 Å². The topological polar surface area (TPSA) is 69.8 Å². The quantitative estimate of drug-likeness (QED) is 0.760. The molecule has 0 saturated heterocycles. The van der Waals surface area contributed by atoms with E-state index < -0.39 is 0 Å². The average Bonchev–Trinajstić information content (AvgIpc) is 2.85. The SMILES string of the molecule is O=C(Nc1cccc(F)c1)C1Cc2nc[nH]c2CN1. The maximum Gasteiger partial charge on any atom is 0.241 e. The first-order valence-electron chi connectivity index (χ1n) is 6.03. The molecule has 1 aliphatic rings. The van der Waals surface area contributed by atoms with Gasteiger partial charge in [0.25, 0.3) is 0 Å². The Hall–Kier alpha value is -2.21. The standard InChI is InChI=1S/C13H13FN4O/c14-8-2-1-3-9(4-8)18-13(19)11-5-10-12(6-15-11)17-7-16-10/h1-4,7,11,15H,5-6H2,(H,16,17)(H,18,19). The van der Waals surface area contributed by atoms with Crippen LogP contribution in [0.3, 0.4) is 0 Å². The van der Waals surface area contributed by atoms with E-state index in [1.54, 1.807) is 18.5 Å². The molecular formula is C13H13FN4O. The van der Waals surface area contributed by atoms with Crippen molar-refractivity contribution in [3.63, 3.8) is 0 Å². The first-order chi connectivity index (χ1) is 9.22. The number of rotatable bonds is 2. The molecular weight excluding hydrogens is 247 g/mol. The molecule has 1 aromatic heterocycles. The van der Waals surface area contributed by atoms with Gasteiger partial charge in [-0.2, -0.15) is 0 Å². The van der Waals surface area contributed by atoms with Crippen LogP contribution in [0.4, 0.5) is 10.1 Å². The van der Waals surface area contributed by atoms with Gasteiger partial charge in [0.15, 0.2) is 0 Å². The zero-order chi connectivity index (χ0) is 13.2. The highest BCUT2D eigenvalue weighted by Crippen LogP contribution is 2.14. The van der Waals surface area contributed by atoms with E-state index in [-0.39, 0.29) is 17.8 Å². The normalized spacial score (nSPS) is 17.8. The zero-order valence-corrected chi connectivity index (χ0v) is 10.1. The summed E-state index contributed by atoms with van der Waals surface area (Å²) in [6.07, 6.45) is 2.15. The number of nitrogens with zero attached hydrogens (tertiary/aromatic N) is 1. The van der Waals surface area contributed by atoms with Crippen LogP contribution in [0.5, 0.6) is 0 Å². The van der Waals surface area contributed by atoms with Crippen molar-refractivity contribution in [1.82, 2.24) is 15.3 Å². The van der Waals surface area contributed by atoms with Gasteiger partial charge in [0.1, 0.15) is 5.82 Å². The number of carbonyl (C=O) groups is 1. The fraction of sp³-hybridized carbons (Fsp3) is 0.231. The van der Waals surface area contributed by atoms with Crippen molar-refractivity contribution in [1.29, 1.82) is 0 Å². The lowest BCUT2D eigenvalue weighted by atomic mass is 10.0. The second kappa shape index (κ2) is 4.81. The number of amides is 1. The van der Waals surface area contributed by atoms with Crippen molar-refractivity contribution in [2.45, 2.75) is 19.0 Å². The molecule has 98 valence electrons. The number of benzene rings is 1. The van der Waals surface area contributed by atoms with Crippen LogP contribution in [0, 0.1) is 5.82 Å². The summed E-state index contributed by atoms with van der Waals surface area (Å²) in [6, 6.07) is 5.50. The minimum Gasteiger partial charge on any atom is -0.347 e. The van der Waals surface area contributed by atoms with Crippen molar-refractivity contribution in [2.75, 3.05) is 5.32 Å². The van der Waals surface area contributed by atoms with E-state index in [1.807, 2.05) is 0 Å². The van der Waals surface area contributed by atoms with Gasteiger partial charge in [0.05, 0.1) is 23.8 Å². The molecule has 19 heavy (non-hydrogen) atoms. The summed E-state index contributed by atoms with van der Waals surface area (Å²) in [5.74, 6) is -0.553. The second-order valence-electron chi connectivity index (χ2n) is 4.46. The maximum atomic E-state index is 13.0. The molecule has 1 atom stereocenters. The van der Waals surface area contributed by atoms with Gasteiger partial charge in [-0.05, 0) is 18.2 Å². The van der Waals surface area contributed by atoms with Crippen molar-refractivity contribution in [3.05, 3.63) is 47.8 Å². The summed E-state index contributed by atoms with van der Waals surface area (Å²) in [6.45, 7) is 0.580. The Morgan fingerprint density at radius 1 is 1.47 bits per heavy atom. The number of imidazole rings is 1. The van der Waals surface area contributed by atoms with Gasteiger partial charge in [-0.15, -0.1) is 0 Å². The number of halogens is 1. The van der Waals surface area contributed by atoms with Gasteiger partial charge in [-0.25, -0.2) is 9.37 Å². The predicted molar refractivity (Wildman–Crippen MR) is 67.9 cm³/mol. The fourth-order valence-corrected chi connectivity index (χ4v) is 2.15. The number of aromatic amines is 1. The summed E-state index contributed by atoms with van der Waals surface area (Å²) >= 11 is 0. The number of fused-ring (bicyclic) bond motifs is 1. The highest BCUT2D eigenvalue weighted by molar-refractivity contribution is 5.95. The first-order valence-corrected chi connectivity index (χ1v) is 6.03. The molecule has 1 aliphatic heterocycles. The molecule has 0 aliphatic carbocycles. The van der Waals surface area contributed by atoms with Crippen molar-refractivity contribution < 1.29 is 9.18 Å². The molecule has 0 spiro atoms. The summed E-state index contributed by atoms with van der Waals surface area (Å²) in [5, 5.41) is 5.82. The third kappa shape index (κ3) is 2.48. The average molecular weight is 260 g/mol. The van der Waals surface area contributed by atoms with E-state index in [2.05, 4.69) is 20.6 Å². The molecule has 6 heteroatoms. The first kappa shape index (κ1) is 11.9.